The smallest absolute Gasteiger partial charge is 0.315 e. The number of amides is 3. The van der Waals surface area contributed by atoms with Gasteiger partial charge in [-0.3, -0.25) is 4.79 Å². The quantitative estimate of drug-likeness (QED) is 0.323. The van der Waals surface area contributed by atoms with E-state index in [-0.39, 0.29) is 23.9 Å². The van der Waals surface area contributed by atoms with Gasteiger partial charge in [-0.2, -0.15) is 5.10 Å². The first kappa shape index (κ1) is 27.5. The predicted molar refractivity (Wildman–Crippen MR) is 150 cm³/mol. The second kappa shape index (κ2) is 11.7. The molecule has 8 heteroatoms. The average molecular weight is 555 g/mol. The van der Waals surface area contributed by atoms with Crippen LogP contribution < -0.4 is 10.6 Å². The Kier molecular flexibility index (Phi) is 8.95. The highest BCUT2D eigenvalue weighted by Crippen LogP contribution is 2.27. The molecule has 192 valence electrons. The van der Waals surface area contributed by atoms with Crippen LogP contribution in [-0.2, 0) is 10.2 Å². The van der Waals surface area contributed by atoms with Crippen molar-refractivity contribution in [3.63, 3.8) is 0 Å². The van der Waals surface area contributed by atoms with Crippen molar-refractivity contribution in [2.45, 2.75) is 53.4 Å². The molecule has 2 N–H and O–H groups in total. The summed E-state index contributed by atoms with van der Waals surface area (Å²) in [6.45, 7) is 12.9. The number of para-hydroxylation sites is 1. The molecule has 3 rings (SSSR count). The van der Waals surface area contributed by atoms with Crippen LogP contribution in [0.5, 0.6) is 0 Å². The van der Waals surface area contributed by atoms with E-state index in [0.29, 0.717) is 24.0 Å². The van der Waals surface area contributed by atoms with E-state index in [1.807, 2.05) is 61.5 Å². The van der Waals surface area contributed by atoms with Crippen molar-refractivity contribution in [2.24, 2.45) is 5.92 Å². The van der Waals surface area contributed by atoms with E-state index < -0.39 is 0 Å². The van der Waals surface area contributed by atoms with Crippen LogP contribution in [0.3, 0.4) is 0 Å². The molecule has 0 spiro atoms. The Morgan fingerprint density at radius 2 is 1.78 bits per heavy atom. The molecule has 3 amide bonds. The lowest BCUT2D eigenvalue weighted by molar-refractivity contribution is -0.116. The molecule has 0 radical (unpaired) electrons. The van der Waals surface area contributed by atoms with Crippen molar-refractivity contribution in [1.29, 1.82) is 0 Å². The summed E-state index contributed by atoms with van der Waals surface area (Å²) in [5.41, 5.74) is 3.29. The standard InChI is InChI=1S/C28H36BrN5O2/c1-19(2)14-15-33(27(36)30-23-13-8-7-12-22(23)29)18-26(35)31-25-17-24(28(4,5)6)32-34(25)21-11-9-10-20(3)16-21/h7-13,16-17,19H,14-15,18H2,1-6H3,(H,30,36)(H,31,35). The number of anilines is 2. The topological polar surface area (TPSA) is 79.3 Å². The zero-order chi connectivity index (χ0) is 26.5. The van der Waals surface area contributed by atoms with Crippen molar-refractivity contribution in [3.05, 3.63) is 70.3 Å². The molecule has 36 heavy (non-hydrogen) atoms. The number of halogens is 1. The molecule has 7 nitrogen and oxygen atoms in total. The fourth-order valence-corrected chi connectivity index (χ4v) is 3.96. The lowest BCUT2D eigenvalue weighted by atomic mass is 9.92. The highest BCUT2D eigenvalue weighted by atomic mass is 79.9. The number of aryl methyl sites for hydroxylation is 1. The predicted octanol–water partition coefficient (Wildman–Crippen LogP) is 6.76. The van der Waals surface area contributed by atoms with Crippen LogP contribution in [0, 0.1) is 12.8 Å². The van der Waals surface area contributed by atoms with Gasteiger partial charge in [0.15, 0.2) is 0 Å². The third-order valence-electron chi connectivity index (χ3n) is 5.71. The van der Waals surface area contributed by atoms with Gasteiger partial charge in [-0.25, -0.2) is 9.48 Å². The molecule has 0 aliphatic rings. The summed E-state index contributed by atoms with van der Waals surface area (Å²) < 4.78 is 2.54. The number of hydrogen-bond donors (Lipinski definition) is 2. The monoisotopic (exact) mass is 553 g/mol. The maximum Gasteiger partial charge on any atom is 0.322 e. The minimum absolute atomic E-state index is 0.0765. The first-order valence-corrected chi connectivity index (χ1v) is 13.0. The van der Waals surface area contributed by atoms with Crippen molar-refractivity contribution in [1.82, 2.24) is 14.7 Å². The first-order valence-electron chi connectivity index (χ1n) is 12.2. The third-order valence-corrected chi connectivity index (χ3v) is 6.40. The number of benzene rings is 2. The van der Waals surface area contributed by atoms with Crippen molar-refractivity contribution < 1.29 is 9.59 Å². The normalized spacial score (nSPS) is 11.4. The maximum atomic E-state index is 13.2. The molecule has 0 atom stereocenters. The Labute approximate surface area is 222 Å². The molecule has 1 heterocycles. The van der Waals surface area contributed by atoms with Crippen molar-refractivity contribution in [3.8, 4) is 5.69 Å². The van der Waals surface area contributed by atoms with Crippen LogP contribution in [-0.4, -0.2) is 39.7 Å². The number of nitrogens with zero attached hydrogens (tertiary/aromatic N) is 3. The lowest BCUT2D eigenvalue weighted by Crippen LogP contribution is -2.41. The maximum absolute atomic E-state index is 13.2. The van der Waals surface area contributed by atoms with Gasteiger partial charge >= 0.3 is 6.03 Å². The van der Waals surface area contributed by atoms with Crippen LogP contribution in [0.1, 0.15) is 52.3 Å². The summed E-state index contributed by atoms with van der Waals surface area (Å²) in [4.78, 5) is 27.9. The van der Waals surface area contributed by atoms with E-state index in [4.69, 9.17) is 5.10 Å². The van der Waals surface area contributed by atoms with Crippen molar-refractivity contribution >= 4 is 39.4 Å². The molecule has 2 aromatic carbocycles. The Bertz CT molecular complexity index is 1210. The Balaban J connectivity index is 1.83. The second-order valence-electron chi connectivity index (χ2n) is 10.5. The summed E-state index contributed by atoms with van der Waals surface area (Å²) >= 11 is 3.46. The number of urea groups is 1. The summed E-state index contributed by atoms with van der Waals surface area (Å²) in [5, 5.41) is 10.7. The highest BCUT2D eigenvalue weighted by molar-refractivity contribution is 9.10. The fraction of sp³-hybridized carbons (Fsp3) is 0.393. The number of aromatic nitrogens is 2. The zero-order valence-electron chi connectivity index (χ0n) is 21.9. The Morgan fingerprint density at radius 1 is 1.06 bits per heavy atom. The molecule has 0 fully saturated rings. The van der Waals surface area contributed by atoms with Crippen LogP contribution in [0.15, 0.2) is 59.1 Å². The lowest BCUT2D eigenvalue weighted by Gasteiger charge is -2.24. The van der Waals surface area contributed by atoms with E-state index in [0.717, 1.165) is 27.8 Å². The number of nitrogens with one attached hydrogen (secondary N) is 2. The van der Waals surface area contributed by atoms with Gasteiger partial charge in [-0.15, -0.1) is 0 Å². The molecule has 0 saturated heterocycles. The van der Waals surface area contributed by atoms with Gasteiger partial charge < -0.3 is 15.5 Å². The molecule has 0 saturated carbocycles. The van der Waals surface area contributed by atoms with E-state index in [1.54, 1.807) is 9.58 Å². The molecule has 0 aliphatic carbocycles. The van der Waals surface area contributed by atoms with Gasteiger partial charge in [0.25, 0.3) is 0 Å². The molecular formula is C28H36BrN5O2. The largest absolute Gasteiger partial charge is 0.322 e. The van der Waals surface area contributed by atoms with Gasteiger partial charge in [0.2, 0.25) is 5.91 Å². The van der Waals surface area contributed by atoms with Gasteiger partial charge in [-0.1, -0.05) is 58.9 Å². The molecule has 0 unspecified atom stereocenters. The van der Waals surface area contributed by atoms with Crippen LogP contribution >= 0.6 is 15.9 Å². The molecule has 0 aliphatic heterocycles. The third kappa shape index (κ3) is 7.43. The summed E-state index contributed by atoms with van der Waals surface area (Å²) in [6.07, 6.45) is 0.784. The van der Waals surface area contributed by atoms with E-state index in [2.05, 4.69) is 61.2 Å². The summed E-state index contributed by atoms with van der Waals surface area (Å²) in [5.74, 6) is 0.685. The van der Waals surface area contributed by atoms with Crippen molar-refractivity contribution in [2.75, 3.05) is 23.7 Å². The molecule has 1 aromatic heterocycles. The fourth-order valence-electron chi connectivity index (χ4n) is 3.57. The second-order valence-corrected chi connectivity index (χ2v) is 11.3. The molecule has 3 aromatic rings. The van der Waals surface area contributed by atoms with E-state index in [9.17, 15) is 9.59 Å². The van der Waals surface area contributed by atoms with Gasteiger partial charge in [0, 0.05) is 22.5 Å². The van der Waals surface area contributed by atoms with E-state index in [1.165, 1.54) is 0 Å². The minimum Gasteiger partial charge on any atom is -0.315 e. The van der Waals surface area contributed by atoms with Gasteiger partial charge in [-0.05, 0) is 65.0 Å². The number of hydrogen-bond acceptors (Lipinski definition) is 3. The van der Waals surface area contributed by atoms with E-state index >= 15 is 0 Å². The molecular weight excluding hydrogens is 518 g/mol. The van der Waals surface area contributed by atoms with Gasteiger partial charge in [0.1, 0.15) is 12.4 Å². The first-order chi connectivity index (χ1) is 16.9. The number of carbonyl (C=O) groups is 2. The highest BCUT2D eigenvalue weighted by Gasteiger charge is 2.23. The SMILES string of the molecule is Cc1cccc(-n2nc(C(C)(C)C)cc2NC(=O)CN(CCC(C)C)C(=O)Nc2ccccc2Br)c1. The number of carbonyl (C=O) groups excluding carboxylic acids is 2. The number of rotatable bonds is 8. The zero-order valence-corrected chi connectivity index (χ0v) is 23.5. The van der Waals surface area contributed by atoms with Crippen LogP contribution in [0.2, 0.25) is 0 Å². The summed E-state index contributed by atoms with van der Waals surface area (Å²) in [6, 6.07) is 17.0. The van der Waals surface area contributed by atoms with Crippen LogP contribution in [0.25, 0.3) is 5.69 Å². The Morgan fingerprint density at radius 3 is 2.42 bits per heavy atom. The van der Waals surface area contributed by atoms with Gasteiger partial charge in [0.05, 0.1) is 17.1 Å². The summed E-state index contributed by atoms with van der Waals surface area (Å²) in [7, 11) is 0. The Hall–Kier alpha value is -3.13. The minimum atomic E-state index is -0.319. The molecule has 0 bridgehead atoms. The average Bonchev–Trinajstić information content (AvgIpc) is 3.22. The van der Waals surface area contributed by atoms with Crippen LogP contribution in [0.4, 0.5) is 16.3 Å².